The number of rotatable bonds is 2. The number of nitrogens with one attached hydrogen (secondary N) is 1. The normalized spacial score (nSPS) is 24.2. The minimum absolute atomic E-state index is 0.179. The molecule has 0 aliphatic carbocycles. The highest BCUT2D eigenvalue weighted by atomic mass is 19.1. The van der Waals surface area contributed by atoms with Gasteiger partial charge < -0.3 is 14.6 Å². The van der Waals surface area contributed by atoms with E-state index in [0.29, 0.717) is 32.5 Å². The van der Waals surface area contributed by atoms with Crippen molar-refractivity contribution in [3.63, 3.8) is 0 Å². The van der Waals surface area contributed by atoms with Crippen molar-refractivity contribution >= 4 is 17.8 Å². The van der Waals surface area contributed by atoms with Gasteiger partial charge in [-0.15, -0.1) is 0 Å². The SMILES string of the molecule is CC1(c2cc(N=[N+]=[N-])ccc2F)CC2(CCOCC2)OC(NC(=O)O)=N1. The first kappa shape index (κ1) is 18.0. The Balaban J connectivity index is 2.08. The molecular formula is C16H18FN5O4. The van der Waals surface area contributed by atoms with Gasteiger partial charge in [0.05, 0.1) is 18.8 Å². The molecule has 0 radical (unpaired) electrons. The Hall–Kier alpha value is -2.84. The van der Waals surface area contributed by atoms with E-state index in [9.17, 15) is 9.18 Å². The number of amidine groups is 1. The van der Waals surface area contributed by atoms with Crippen LogP contribution in [-0.2, 0) is 15.0 Å². The van der Waals surface area contributed by atoms with Gasteiger partial charge >= 0.3 is 6.09 Å². The zero-order valence-corrected chi connectivity index (χ0v) is 14.1. The highest BCUT2D eigenvalue weighted by molar-refractivity contribution is 5.90. The van der Waals surface area contributed by atoms with E-state index in [4.69, 9.17) is 20.1 Å². The van der Waals surface area contributed by atoms with E-state index >= 15 is 0 Å². The molecule has 2 N–H and O–H groups in total. The van der Waals surface area contributed by atoms with E-state index < -0.39 is 23.1 Å². The molecule has 2 heterocycles. The highest BCUT2D eigenvalue weighted by Crippen LogP contribution is 2.45. The molecule has 2 aliphatic heterocycles. The zero-order chi connectivity index (χ0) is 18.8. The van der Waals surface area contributed by atoms with Gasteiger partial charge in [-0.2, -0.15) is 0 Å². The van der Waals surface area contributed by atoms with Crippen molar-refractivity contribution < 1.29 is 23.8 Å². The standard InChI is InChI=1S/C16H18FN5O4/c1-15(11-8-10(21-22-18)2-3-12(11)17)9-16(4-6-25-7-5-16)26-13(20-15)19-14(23)24/h2-3,8H,4-7,9H2,1H3,(H,19,20)(H,23,24). The number of carboxylic acid groups (broad SMARTS) is 1. The molecule has 1 saturated heterocycles. The van der Waals surface area contributed by atoms with E-state index in [1.807, 2.05) is 0 Å². The summed E-state index contributed by atoms with van der Waals surface area (Å²) in [5.41, 5.74) is 7.27. The molecule has 1 aromatic carbocycles. The van der Waals surface area contributed by atoms with E-state index in [2.05, 4.69) is 20.3 Å². The topological polar surface area (TPSA) is 129 Å². The van der Waals surface area contributed by atoms with Gasteiger partial charge in [0, 0.05) is 35.4 Å². The molecule has 26 heavy (non-hydrogen) atoms. The Morgan fingerprint density at radius 2 is 2.19 bits per heavy atom. The lowest BCUT2D eigenvalue weighted by Crippen LogP contribution is -2.52. The lowest BCUT2D eigenvalue weighted by Gasteiger charge is -2.46. The summed E-state index contributed by atoms with van der Waals surface area (Å²) in [5.74, 6) is -0.521. The Morgan fingerprint density at radius 3 is 2.85 bits per heavy atom. The molecule has 2 aliphatic rings. The van der Waals surface area contributed by atoms with Gasteiger partial charge in [-0.25, -0.2) is 19.5 Å². The van der Waals surface area contributed by atoms with Crippen molar-refractivity contribution in [3.8, 4) is 0 Å². The van der Waals surface area contributed by atoms with Gasteiger partial charge in [0.2, 0.25) is 0 Å². The first-order chi connectivity index (χ1) is 12.4. The summed E-state index contributed by atoms with van der Waals surface area (Å²) in [6.45, 7) is 2.61. The molecule has 1 unspecified atom stereocenters. The van der Waals surface area contributed by atoms with Gasteiger partial charge in [0.25, 0.3) is 6.02 Å². The molecule has 0 aromatic heterocycles. The molecule has 1 atom stereocenters. The van der Waals surface area contributed by atoms with Gasteiger partial charge in [0.15, 0.2) is 0 Å². The quantitative estimate of drug-likeness (QED) is 0.472. The van der Waals surface area contributed by atoms with Gasteiger partial charge in [-0.05, 0) is 30.7 Å². The maximum absolute atomic E-state index is 14.6. The van der Waals surface area contributed by atoms with E-state index in [0.717, 1.165) is 0 Å². The van der Waals surface area contributed by atoms with Crippen LogP contribution >= 0.6 is 0 Å². The summed E-state index contributed by atoms with van der Waals surface area (Å²) in [6.07, 6.45) is 0.0740. The second-order valence-electron chi connectivity index (χ2n) is 6.55. The number of azide groups is 1. The summed E-state index contributed by atoms with van der Waals surface area (Å²) in [4.78, 5) is 18.1. The Morgan fingerprint density at radius 1 is 1.46 bits per heavy atom. The zero-order valence-electron chi connectivity index (χ0n) is 14.1. The van der Waals surface area contributed by atoms with Crippen molar-refractivity contribution in [2.24, 2.45) is 10.1 Å². The average molecular weight is 363 g/mol. The number of ether oxygens (including phenoxy) is 2. The first-order valence-corrected chi connectivity index (χ1v) is 8.08. The van der Waals surface area contributed by atoms with Gasteiger partial charge in [-0.3, -0.25) is 0 Å². The van der Waals surface area contributed by atoms with Crippen molar-refractivity contribution in [2.75, 3.05) is 13.2 Å². The molecule has 3 rings (SSSR count). The largest absolute Gasteiger partial charge is 0.465 e. The van der Waals surface area contributed by atoms with Crippen LogP contribution in [0.2, 0.25) is 0 Å². The molecule has 0 saturated carbocycles. The summed E-state index contributed by atoms with van der Waals surface area (Å²) in [6, 6.07) is 3.82. The maximum Gasteiger partial charge on any atom is 0.412 e. The maximum atomic E-state index is 14.6. The third-order valence-corrected chi connectivity index (χ3v) is 4.64. The summed E-state index contributed by atoms with van der Waals surface area (Å²) < 4.78 is 25.8. The number of halogens is 1. The average Bonchev–Trinajstić information content (AvgIpc) is 2.56. The number of aliphatic imine (C=N–C) groups is 1. The summed E-state index contributed by atoms with van der Waals surface area (Å²) in [5, 5.41) is 14.7. The fraction of sp³-hybridized carbons (Fsp3) is 0.500. The van der Waals surface area contributed by atoms with E-state index in [-0.39, 0.29) is 17.3 Å². The van der Waals surface area contributed by atoms with Crippen LogP contribution in [0.3, 0.4) is 0 Å². The molecule has 1 fully saturated rings. The Labute approximate surface area is 148 Å². The van der Waals surface area contributed by atoms with Crippen LogP contribution < -0.4 is 5.32 Å². The third kappa shape index (κ3) is 3.56. The fourth-order valence-electron chi connectivity index (χ4n) is 3.52. The van der Waals surface area contributed by atoms with Crippen LogP contribution in [0.1, 0.15) is 31.7 Å². The molecule has 1 spiro atoms. The minimum atomic E-state index is -1.32. The van der Waals surface area contributed by atoms with Crippen molar-refractivity contribution in [2.45, 2.75) is 37.3 Å². The predicted molar refractivity (Wildman–Crippen MR) is 89.6 cm³/mol. The fourth-order valence-corrected chi connectivity index (χ4v) is 3.52. The number of nitrogens with zero attached hydrogens (tertiary/aromatic N) is 4. The highest BCUT2D eigenvalue weighted by Gasteiger charge is 2.48. The van der Waals surface area contributed by atoms with Crippen molar-refractivity contribution in [1.29, 1.82) is 0 Å². The van der Waals surface area contributed by atoms with Crippen LogP contribution in [0.4, 0.5) is 14.9 Å². The van der Waals surface area contributed by atoms with Gasteiger partial charge in [0.1, 0.15) is 11.4 Å². The second kappa shape index (κ2) is 6.81. The molecule has 138 valence electrons. The lowest BCUT2D eigenvalue weighted by atomic mass is 9.76. The molecule has 9 nitrogen and oxygen atoms in total. The Kier molecular flexibility index (Phi) is 4.71. The number of amides is 1. The Bertz CT molecular complexity index is 802. The third-order valence-electron chi connectivity index (χ3n) is 4.64. The first-order valence-electron chi connectivity index (χ1n) is 8.08. The van der Waals surface area contributed by atoms with Crippen molar-refractivity contribution in [1.82, 2.24) is 5.32 Å². The number of benzene rings is 1. The summed E-state index contributed by atoms with van der Waals surface area (Å²) in [7, 11) is 0. The van der Waals surface area contributed by atoms with Crippen LogP contribution in [0.25, 0.3) is 10.4 Å². The summed E-state index contributed by atoms with van der Waals surface area (Å²) >= 11 is 0. The van der Waals surface area contributed by atoms with Crippen LogP contribution in [0.5, 0.6) is 0 Å². The molecule has 10 heteroatoms. The van der Waals surface area contributed by atoms with Crippen LogP contribution in [-0.4, -0.2) is 36.0 Å². The minimum Gasteiger partial charge on any atom is -0.465 e. The molecule has 1 aromatic rings. The number of hydrogen-bond acceptors (Lipinski definition) is 5. The van der Waals surface area contributed by atoms with Crippen molar-refractivity contribution in [3.05, 3.63) is 40.0 Å². The second-order valence-corrected chi connectivity index (χ2v) is 6.55. The number of carbonyl (C=O) groups is 1. The predicted octanol–water partition coefficient (Wildman–Crippen LogP) is 3.58. The lowest BCUT2D eigenvalue weighted by molar-refractivity contribution is -0.0810. The van der Waals surface area contributed by atoms with Crippen LogP contribution in [0.15, 0.2) is 28.3 Å². The van der Waals surface area contributed by atoms with Crippen LogP contribution in [0, 0.1) is 5.82 Å². The monoisotopic (exact) mass is 363 g/mol. The van der Waals surface area contributed by atoms with E-state index in [1.54, 1.807) is 6.92 Å². The number of hydrogen-bond donors (Lipinski definition) is 2. The van der Waals surface area contributed by atoms with Gasteiger partial charge in [-0.1, -0.05) is 5.11 Å². The smallest absolute Gasteiger partial charge is 0.412 e. The van der Waals surface area contributed by atoms with E-state index in [1.165, 1.54) is 18.2 Å². The molecule has 1 amide bonds. The molecule has 0 bridgehead atoms. The molecular weight excluding hydrogens is 345 g/mol.